The van der Waals surface area contributed by atoms with Crippen LogP contribution in [0.3, 0.4) is 0 Å². The summed E-state index contributed by atoms with van der Waals surface area (Å²) in [5.74, 6) is 1.13. The molecule has 2 aromatic heterocycles. The summed E-state index contributed by atoms with van der Waals surface area (Å²) in [5, 5.41) is 34.9. The number of aromatic hydroxyl groups is 2. The van der Waals surface area contributed by atoms with Crippen molar-refractivity contribution in [2.45, 2.75) is 6.92 Å². The van der Waals surface area contributed by atoms with E-state index in [1.165, 1.54) is 18.3 Å². The molecular formula is C13H12N6O2. The number of hydrazone groups is 1. The molecule has 0 aliphatic heterocycles. The van der Waals surface area contributed by atoms with Crippen molar-refractivity contribution in [1.29, 1.82) is 0 Å². The molecule has 0 saturated carbocycles. The molecule has 0 saturated heterocycles. The van der Waals surface area contributed by atoms with Crippen LogP contribution in [0.5, 0.6) is 11.5 Å². The van der Waals surface area contributed by atoms with Crippen LogP contribution in [0.25, 0.3) is 5.65 Å². The van der Waals surface area contributed by atoms with E-state index in [1.807, 2.05) is 0 Å². The van der Waals surface area contributed by atoms with Crippen molar-refractivity contribution < 1.29 is 10.2 Å². The summed E-state index contributed by atoms with van der Waals surface area (Å²) in [7, 11) is 0. The SMILES string of the molecule is Cc1nnc2ccc(N/N=C\c3ccc(O)cc3O)nn12. The lowest BCUT2D eigenvalue weighted by molar-refractivity contribution is 0.450. The molecular weight excluding hydrogens is 272 g/mol. The Morgan fingerprint density at radius 1 is 1.19 bits per heavy atom. The van der Waals surface area contributed by atoms with Gasteiger partial charge in [0.1, 0.15) is 11.5 Å². The number of benzene rings is 1. The standard InChI is InChI=1S/C13H12N6O2/c1-8-15-17-13-5-4-12(18-19(8)13)16-14-7-9-2-3-10(20)6-11(9)21/h2-7,20-21H,1H3,(H,16,18)/b14-7-. The van der Waals surface area contributed by atoms with Crippen LogP contribution >= 0.6 is 0 Å². The predicted octanol–water partition coefficient (Wildman–Crippen LogP) is 1.29. The third-order valence-electron chi connectivity index (χ3n) is 2.82. The Kier molecular flexibility index (Phi) is 3.11. The second-order valence-electron chi connectivity index (χ2n) is 4.35. The predicted molar refractivity (Wildman–Crippen MR) is 76.5 cm³/mol. The van der Waals surface area contributed by atoms with Crippen molar-refractivity contribution in [1.82, 2.24) is 19.8 Å². The molecule has 21 heavy (non-hydrogen) atoms. The molecule has 3 N–H and O–H groups in total. The van der Waals surface area contributed by atoms with Crippen LogP contribution in [0.15, 0.2) is 35.4 Å². The Bertz CT molecular complexity index is 827. The van der Waals surface area contributed by atoms with Gasteiger partial charge in [-0.2, -0.15) is 9.62 Å². The number of phenols is 2. The van der Waals surface area contributed by atoms with Crippen LogP contribution in [-0.4, -0.2) is 36.2 Å². The number of aryl methyl sites for hydroxylation is 1. The fourth-order valence-electron chi connectivity index (χ4n) is 1.76. The minimum absolute atomic E-state index is 0.00666. The first-order chi connectivity index (χ1) is 10.1. The number of hydrogen-bond acceptors (Lipinski definition) is 7. The fraction of sp³-hybridized carbons (Fsp3) is 0.0769. The minimum atomic E-state index is -0.0568. The number of phenolic OH excluding ortho intramolecular Hbond substituents is 2. The molecule has 0 fully saturated rings. The van der Waals surface area contributed by atoms with E-state index in [0.717, 1.165) is 0 Å². The Balaban J connectivity index is 1.79. The Morgan fingerprint density at radius 3 is 2.86 bits per heavy atom. The van der Waals surface area contributed by atoms with E-state index in [1.54, 1.807) is 29.6 Å². The van der Waals surface area contributed by atoms with Gasteiger partial charge in [0.05, 0.1) is 6.21 Å². The third kappa shape index (κ3) is 2.59. The van der Waals surface area contributed by atoms with Crippen molar-refractivity contribution in [3.63, 3.8) is 0 Å². The number of fused-ring (bicyclic) bond motifs is 1. The first-order valence-corrected chi connectivity index (χ1v) is 6.13. The maximum Gasteiger partial charge on any atom is 0.178 e. The zero-order valence-electron chi connectivity index (χ0n) is 11.1. The van der Waals surface area contributed by atoms with Crippen LogP contribution in [0, 0.1) is 6.92 Å². The Labute approximate surface area is 119 Å². The van der Waals surface area contributed by atoms with E-state index in [9.17, 15) is 10.2 Å². The van der Waals surface area contributed by atoms with Crippen molar-refractivity contribution in [2.75, 3.05) is 5.43 Å². The van der Waals surface area contributed by atoms with E-state index < -0.39 is 0 Å². The van der Waals surface area contributed by atoms with Gasteiger partial charge in [0.25, 0.3) is 0 Å². The molecule has 0 unspecified atom stereocenters. The summed E-state index contributed by atoms with van der Waals surface area (Å²) >= 11 is 0. The van der Waals surface area contributed by atoms with E-state index >= 15 is 0 Å². The lowest BCUT2D eigenvalue weighted by atomic mass is 10.2. The molecule has 0 aliphatic carbocycles. The van der Waals surface area contributed by atoms with Crippen LogP contribution in [0.2, 0.25) is 0 Å². The van der Waals surface area contributed by atoms with Gasteiger partial charge in [-0.15, -0.1) is 15.3 Å². The highest BCUT2D eigenvalue weighted by Gasteiger charge is 2.03. The van der Waals surface area contributed by atoms with Gasteiger partial charge in [0.15, 0.2) is 17.3 Å². The van der Waals surface area contributed by atoms with Gasteiger partial charge in [0, 0.05) is 11.6 Å². The summed E-state index contributed by atoms with van der Waals surface area (Å²) in [4.78, 5) is 0. The monoisotopic (exact) mass is 284 g/mol. The first-order valence-electron chi connectivity index (χ1n) is 6.13. The van der Waals surface area contributed by atoms with Crippen molar-refractivity contribution in [3.05, 3.63) is 41.7 Å². The highest BCUT2D eigenvalue weighted by Crippen LogP contribution is 2.20. The largest absolute Gasteiger partial charge is 0.508 e. The van der Waals surface area contributed by atoms with Gasteiger partial charge >= 0.3 is 0 Å². The average Bonchev–Trinajstić information content (AvgIpc) is 2.83. The zero-order chi connectivity index (χ0) is 14.8. The molecule has 106 valence electrons. The van der Waals surface area contributed by atoms with E-state index in [2.05, 4.69) is 25.8 Å². The average molecular weight is 284 g/mol. The molecule has 2 heterocycles. The van der Waals surface area contributed by atoms with Gasteiger partial charge in [0.2, 0.25) is 0 Å². The van der Waals surface area contributed by atoms with E-state index in [0.29, 0.717) is 22.9 Å². The number of aromatic nitrogens is 4. The van der Waals surface area contributed by atoms with Gasteiger partial charge in [-0.3, -0.25) is 5.43 Å². The lowest BCUT2D eigenvalue weighted by Gasteiger charge is -2.01. The summed E-state index contributed by atoms with van der Waals surface area (Å²) in [6.07, 6.45) is 1.43. The molecule has 0 amide bonds. The zero-order valence-corrected chi connectivity index (χ0v) is 11.1. The lowest BCUT2D eigenvalue weighted by Crippen LogP contribution is -2.00. The molecule has 0 atom stereocenters. The van der Waals surface area contributed by atoms with Gasteiger partial charge in [-0.05, 0) is 31.2 Å². The summed E-state index contributed by atoms with van der Waals surface area (Å²) in [5.41, 5.74) is 3.88. The quantitative estimate of drug-likeness (QED) is 0.494. The summed E-state index contributed by atoms with van der Waals surface area (Å²) < 4.78 is 1.59. The summed E-state index contributed by atoms with van der Waals surface area (Å²) in [6.45, 7) is 1.80. The van der Waals surface area contributed by atoms with Crippen molar-refractivity contribution in [3.8, 4) is 11.5 Å². The maximum atomic E-state index is 9.62. The topological polar surface area (TPSA) is 108 Å². The molecule has 0 radical (unpaired) electrons. The van der Waals surface area contributed by atoms with Gasteiger partial charge < -0.3 is 10.2 Å². The van der Waals surface area contributed by atoms with Crippen LogP contribution < -0.4 is 5.43 Å². The highest BCUT2D eigenvalue weighted by molar-refractivity contribution is 5.84. The van der Waals surface area contributed by atoms with Crippen LogP contribution in [0.4, 0.5) is 5.82 Å². The number of rotatable bonds is 3. The normalized spacial score (nSPS) is 11.3. The third-order valence-corrected chi connectivity index (χ3v) is 2.82. The molecule has 3 aromatic rings. The molecule has 1 aromatic carbocycles. The fourth-order valence-corrected chi connectivity index (χ4v) is 1.76. The van der Waals surface area contributed by atoms with Crippen LogP contribution in [0.1, 0.15) is 11.4 Å². The molecule has 0 aliphatic rings. The Morgan fingerprint density at radius 2 is 2.05 bits per heavy atom. The molecule has 0 bridgehead atoms. The first kappa shape index (κ1) is 12.9. The highest BCUT2D eigenvalue weighted by atomic mass is 16.3. The number of hydrogen-bond donors (Lipinski definition) is 3. The molecule has 8 nitrogen and oxygen atoms in total. The minimum Gasteiger partial charge on any atom is -0.508 e. The maximum absolute atomic E-state index is 9.62. The van der Waals surface area contributed by atoms with E-state index in [-0.39, 0.29) is 11.5 Å². The molecule has 3 rings (SSSR count). The van der Waals surface area contributed by atoms with Gasteiger partial charge in [-0.25, -0.2) is 0 Å². The number of nitrogens with zero attached hydrogens (tertiary/aromatic N) is 5. The number of anilines is 1. The van der Waals surface area contributed by atoms with Crippen molar-refractivity contribution in [2.24, 2.45) is 5.10 Å². The second-order valence-corrected chi connectivity index (χ2v) is 4.35. The molecule has 8 heteroatoms. The molecule has 0 spiro atoms. The Hall–Kier alpha value is -3.16. The smallest absolute Gasteiger partial charge is 0.178 e. The van der Waals surface area contributed by atoms with Crippen LogP contribution in [-0.2, 0) is 0 Å². The summed E-state index contributed by atoms with van der Waals surface area (Å²) in [6, 6.07) is 7.74. The van der Waals surface area contributed by atoms with Gasteiger partial charge in [-0.1, -0.05) is 0 Å². The van der Waals surface area contributed by atoms with E-state index in [4.69, 9.17) is 0 Å². The second kappa shape index (κ2) is 5.08. The number of nitrogens with one attached hydrogen (secondary N) is 1. The van der Waals surface area contributed by atoms with Crippen molar-refractivity contribution >= 4 is 17.7 Å².